The maximum atomic E-state index is 11.4. The van der Waals surface area contributed by atoms with Crippen molar-refractivity contribution < 1.29 is 24.1 Å². The lowest BCUT2D eigenvalue weighted by atomic mass is 9.63. The van der Waals surface area contributed by atoms with Gasteiger partial charge in [-0.15, -0.1) is 0 Å². The molecule has 1 atom stereocenters. The van der Waals surface area contributed by atoms with E-state index in [1.807, 2.05) is 52.0 Å². The van der Waals surface area contributed by atoms with Crippen molar-refractivity contribution in [2.24, 2.45) is 5.41 Å². The van der Waals surface area contributed by atoms with Gasteiger partial charge >= 0.3 is 0 Å². The Labute approximate surface area is 144 Å². The number of methoxy groups -OCH3 is 2. The Bertz CT molecular complexity index is 536. The fraction of sp³-hybridized carbons (Fsp3) is 0.684. The van der Waals surface area contributed by atoms with Crippen molar-refractivity contribution in [2.75, 3.05) is 27.4 Å². The highest BCUT2D eigenvalue weighted by Crippen LogP contribution is 2.50. The first kappa shape index (κ1) is 19.3. The van der Waals surface area contributed by atoms with Crippen LogP contribution in [0.5, 0.6) is 0 Å². The minimum absolute atomic E-state index is 0.399. The first-order chi connectivity index (χ1) is 11.2. The molecule has 136 valence electrons. The second-order valence-corrected chi connectivity index (χ2v) is 7.25. The molecule has 2 rings (SSSR count). The van der Waals surface area contributed by atoms with Crippen LogP contribution in [0.3, 0.4) is 0 Å². The third kappa shape index (κ3) is 3.65. The van der Waals surface area contributed by atoms with Crippen molar-refractivity contribution >= 4 is 0 Å². The summed E-state index contributed by atoms with van der Waals surface area (Å²) in [7, 11) is 3.18. The van der Waals surface area contributed by atoms with E-state index in [0.717, 1.165) is 11.1 Å². The molecule has 24 heavy (non-hydrogen) atoms. The monoisotopic (exact) mass is 338 g/mol. The van der Waals surface area contributed by atoms with Gasteiger partial charge < -0.3 is 24.1 Å². The van der Waals surface area contributed by atoms with Crippen molar-refractivity contribution in [1.29, 1.82) is 0 Å². The number of hydrogen-bond donors (Lipinski definition) is 1. The van der Waals surface area contributed by atoms with Gasteiger partial charge in [0.25, 0.3) is 0 Å². The molecule has 1 heterocycles. The summed E-state index contributed by atoms with van der Waals surface area (Å²) >= 11 is 0. The number of ether oxygens (including phenoxy) is 4. The van der Waals surface area contributed by atoms with Gasteiger partial charge in [0.05, 0.1) is 13.2 Å². The van der Waals surface area contributed by atoms with Crippen molar-refractivity contribution in [3.05, 3.63) is 35.5 Å². The molecule has 0 radical (unpaired) electrons. The molecule has 1 spiro atoms. The molecule has 1 saturated heterocycles. The normalized spacial score (nSPS) is 29.7. The average Bonchev–Trinajstić information content (AvgIpc) is 2.95. The van der Waals surface area contributed by atoms with E-state index in [0.29, 0.717) is 19.6 Å². The molecule has 1 fully saturated rings. The SMILES string of the molecule is COC(/C=C(C)\C=C\C1(O)C(C)=CC2(CC1(C)C)OCCO2)OC. The number of aliphatic hydroxyl groups is 1. The molecule has 0 bridgehead atoms. The molecule has 0 aromatic carbocycles. The molecule has 0 aromatic heterocycles. The fourth-order valence-corrected chi connectivity index (χ4v) is 3.54. The quantitative estimate of drug-likeness (QED) is 0.474. The molecule has 1 N–H and O–H groups in total. The van der Waals surface area contributed by atoms with Gasteiger partial charge in [0.1, 0.15) is 5.60 Å². The van der Waals surface area contributed by atoms with Gasteiger partial charge in [0.2, 0.25) is 0 Å². The van der Waals surface area contributed by atoms with E-state index >= 15 is 0 Å². The van der Waals surface area contributed by atoms with E-state index in [1.165, 1.54) is 0 Å². The highest BCUT2D eigenvalue weighted by atomic mass is 16.7. The predicted octanol–water partition coefficient (Wildman–Crippen LogP) is 2.96. The van der Waals surface area contributed by atoms with E-state index in [4.69, 9.17) is 18.9 Å². The molecule has 5 nitrogen and oxygen atoms in total. The Morgan fingerprint density at radius 3 is 2.33 bits per heavy atom. The lowest BCUT2D eigenvalue weighted by Gasteiger charge is -2.49. The van der Waals surface area contributed by atoms with Gasteiger partial charge in [-0.1, -0.05) is 25.5 Å². The van der Waals surface area contributed by atoms with E-state index in [-0.39, 0.29) is 0 Å². The van der Waals surface area contributed by atoms with Gasteiger partial charge in [-0.3, -0.25) is 0 Å². The summed E-state index contributed by atoms with van der Waals surface area (Å²) in [5.41, 5.74) is 0.279. The second-order valence-electron chi connectivity index (χ2n) is 7.25. The summed E-state index contributed by atoms with van der Waals surface area (Å²) in [5, 5.41) is 11.4. The van der Waals surface area contributed by atoms with Crippen LogP contribution in [0.2, 0.25) is 0 Å². The van der Waals surface area contributed by atoms with E-state index in [2.05, 4.69) is 0 Å². The van der Waals surface area contributed by atoms with E-state index < -0.39 is 23.1 Å². The molecule has 2 aliphatic rings. The van der Waals surface area contributed by atoms with Gasteiger partial charge in [-0.05, 0) is 37.6 Å². The molecule has 0 amide bonds. The Kier molecular flexibility index (Phi) is 5.72. The smallest absolute Gasteiger partial charge is 0.188 e. The van der Waals surface area contributed by atoms with Gasteiger partial charge in [0, 0.05) is 26.1 Å². The zero-order chi connectivity index (χ0) is 18.0. The van der Waals surface area contributed by atoms with Crippen LogP contribution < -0.4 is 0 Å². The highest BCUT2D eigenvalue weighted by molar-refractivity contribution is 5.36. The van der Waals surface area contributed by atoms with Crippen molar-refractivity contribution in [3.63, 3.8) is 0 Å². The van der Waals surface area contributed by atoms with Crippen LogP contribution in [0.25, 0.3) is 0 Å². The predicted molar refractivity (Wildman–Crippen MR) is 92.4 cm³/mol. The molecule has 1 unspecified atom stereocenters. The average molecular weight is 338 g/mol. The van der Waals surface area contributed by atoms with Gasteiger partial charge in [-0.2, -0.15) is 0 Å². The first-order valence-electron chi connectivity index (χ1n) is 8.31. The van der Waals surface area contributed by atoms with Crippen LogP contribution in [0, 0.1) is 5.41 Å². The summed E-state index contributed by atoms with van der Waals surface area (Å²) < 4.78 is 22.0. The molecule has 5 heteroatoms. The van der Waals surface area contributed by atoms with E-state index in [9.17, 15) is 5.11 Å². The Morgan fingerprint density at radius 2 is 1.83 bits per heavy atom. The maximum absolute atomic E-state index is 11.4. The van der Waals surface area contributed by atoms with Crippen molar-refractivity contribution in [3.8, 4) is 0 Å². The Balaban J connectivity index is 2.28. The summed E-state index contributed by atoms with van der Waals surface area (Å²) in [5.74, 6) is -0.699. The van der Waals surface area contributed by atoms with Crippen LogP contribution >= 0.6 is 0 Å². The Morgan fingerprint density at radius 1 is 1.25 bits per heavy atom. The zero-order valence-corrected chi connectivity index (χ0v) is 15.6. The molecule has 0 saturated carbocycles. The molecule has 0 aromatic rings. The summed E-state index contributed by atoms with van der Waals surface area (Å²) in [6.45, 7) is 9.12. The van der Waals surface area contributed by atoms with Crippen molar-refractivity contribution in [2.45, 2.75) is 51.8 Å². The zero-order valence-electron chi connectivity index (χ0n) is 15.6. The lowest BCUT2D eigenvalue weighted by molar-refractivity contribution is -0.171. The third-order valence-corrected chi connectivity index (χ3v) is 4.98. The molecule has 1 aliphatic heterocycles. The fourth-order valence-electron chi connectivity index (χ4n) is 3.54. The van der Waals surface area contributed by atoms with Crippen LogP contribution in [-0.2, 0) is 18.9 Å². The van der Waals surface area contributed by atoms with Gasteiger partial charge in [-0.25, -0.2) is 0 Å². The summed E-state index contributed by atoms with van der Waals surface area (Å²) in [4.78, 5) is 0. The lowest BCUT2D eigenvalue weighted by Crippen LogP contribution is -2.53. The number of rotatable bonds is 5. The third-order valence-electron chi connectivity index (χ3n) is 4.98. The maximum Gasteiger partial charge on any atom is 0.188 e. The highest BCUT2D eigenvalue weighted by Gasteiger charge is 2.54. The van der Waals surface area contributed by atoms with Crippen LogP contribution in [0.4, 0.5) is 0 Å². The minimum Gasteiger partial charge on any atom is -0.381 e. The van der Waals surface area contributed by atoms with Crippen molar-refractivity contribution in [1.82, 2.24) is 0 Å². The molecular weight excluding hydrogens is 308 g/mol. The number of allylic oxidation sites excluding steroid dienone is 2. The summed E-state index contributed by atoms with van der Waals surface area (Å²) in [6.07, 6.45) is 7.72. The minimum atomic E-state index is -1.07. The standard InChI is InChI=1S/C19H30O5/c1-14(11-16(21-5)22-6)7-8-19(20)15(2)12-18(13-17(19,3)4)23-9-10-24-18/h7-8,11-12,16,20H,9-10,13H2,1-6H3/b8-7+,14-11-. The number of hydrogen-bond acceptors (Lipinski definition) is 5. The van der Waals surface area contributed by atoms with Crippen LogP contribution in [0.15, 0.2) is 35.5 Å². The summed E-state index contributed by atoms with van der Waals surface area (Å²) in [6, 6.07) is 0. The topological polar surface area (TPSA) is 57.2 Å². The molecular formula is C19H30O5. The molecule has 1 aliphatic carbocycles. The Hall–Kier alpha value is -0.980. The van der Waals surface area contributed by atoms with Gasteiger partial charge in [0.15, 0.2) is 12.1 Å². The van der Waals surface area contributed by atoms with E-state index in [1.54, 1.807) is 14.2 Å². The van der Waals surface area contributed by atoms with Crippen LogP contribution in [0.1, 0.15) is 34.1 Å². The van der Waals surface area contributed by atoms with Crippen LogP contribution in [-0.4, -0.2) is 50.2 Å². The largest absolute Gasteiger partial charge is 0.381 e. The second kappa shape index (κ2) is 7.10. The first-order valence-corrected chi connectivity index (χ1v) is 8.31.